The highest BCUT2D eigenvalue weighted by Gasteiger charge is 2.05. The lowest BCUT2D eigenvalue weighted by Gasteiger charge is -2.03. The maximum absolute atomic E-state index is 10.9. The number of aliphatic imine (C=N–C) groups is 1. The van der Waals surface area contributed by atoms with Crippen molar-refractivity contribution in [3.63, 3.8) is 0 Å². The molecule has 0 aromatic heterocycles. The van der Waals surface area contributed by atoms with Crippen LogP contribution in [0.15, 0.2) is 29.3 Å². The van der Waals surface area contributed by atoms with Gasteiger partial charge in [0.25, 0.3) is 0 Å². The van der Waals surface area contributed by atoms with Crippen molar-refractivity contribution in [2.45, 2.75) is 6.54 Å². The van der Waals surface area contributed by atoms with Gasteiger partial charge < -0.3 is 5.73 Å². The summed E-state index contributed by atoms with van der Waals surface area (Å²) in [6, 6.07) is 5.42. The van der Waals surface area contributed by atoms with Gasteiger partial charge in [0, 0.05) is 11.8 Å². The molecule has 0 atom stereocenters. The molecule has 1 aromatic carbocycles. The molecular weight excluding hydrogens is 176 g/mol. The van der Waals surface area contributed by atoms with Crippen LogP contribution in [0.5, 0.6) is 0 Å². The van der Waals surface area contributed by atoms with Crippen LogP contribution in [0.2, 0.25) is 0 Å². The van der Waals surface area contributed by atoms with Crippen LogP contribution in [0.1, 0.15) is 21.5 Å². The van der Waals surface area contributed by atoms with Crippen molar-refractivity contribution in [1.29, 1.82) is 0 Å². The number of carbonyl (C=O) groups is 1. The zero-order valence-electron chi connectivity index (χ0n) is 7.60. The summed E-state index contributed by atoms with van der Waals surface area (Å²) in [5.41, 5.74) is 7.85. The number of primary amides is 1. The summed E-state index contributed by atoms with van der Waals surface area (Å²) in [4.78, 5) is 15.1. The first kappa shape index (κ1) is 8.69. The minimum atomic E-state index is -0.397. The van der Waals surface area contributed by atoms with Crippen molar-refractivity contribution >= 4 is 18.2 Å². The molecule has 3 nitrogen and oxygen atoms in total. The normalized spacial score (nSPS) is 13.4. The molecule has 2 N–H and O–H groups in total. The molecule has 2 rings (SSSR count). The monoisotopic (exact) mass is 186 g/mol. The summed E-state index contributed by atoms with van der Waals surface area (Å²) in [7, 11) is 0. The standard InChI is InChI=1S/C11H10N2O/c12-11(14)9-3-4-10-7-13-5-1-2-8(10)6-9/h1-6H,7H2,(H2,12,14). The molecular formula is C11H10N2O. The van der Waals surface area contributed by atoms with Gasteiger partial charge in [0.15, 0.2) is 0 Å². The molecule has 1 amide bonds. The van der Waals surface area contributed by atoms with E-state index in [1.165, 1.54) is 0 Å². The van der Waals surface area contributed by atoms with E-state index in [4.69, 9.17) is 5.73 Å². The molecule has 0 fully saturated rings. The Hall–Kier alpha value is -1.90. The van der Waals surface area contributed by atoms with Gasteiger partial charge in [-0.15, -0.1) is 0 Å². The number of fused-ring (bicyclic) bond motifs is 1. The van der Waals surface area contributed by atoms with Crippen LogP contribution in [0.3, 0.4) is 0 Å². The number of nitrogens with zero attached hydrogens (tertiary/aromatic N) is 1. The van der Waals surface area contributed by atoms with E-state index in [1.54, 1.807) is 18.3 Å². The minimum Gasteiger partial charge on any atom is -0.366 e. The first-order chi connectivity index (χ1) is 6.77. The molecule has 0 saturated heterocycles. The van der Waals surface area contributed by atoms with Crippen molar-refractivity contribution in [2.75, 3.05) is 0 Å². The molecule has 0 spiro atoms. The van der Waals surface area contributed by atoms with Crippen LogP contribution in [-0.4, -0.2) is 12.1 Å². The minimum absolute atomic E-state index is 0.397. The first-order valence-corrected chi connectivity index (χ1v) is 4.36. The van der Waals surface area contributed by atoms with Crippen molar-refractivity contribution in [3.8, 4) is 0 Å². The second-order valence-corrected chi connectivity index (χ2v) is 3.13. The topological polar surface area (TPSA) is 55.5 Å². The molecule has 0 saturated carbocycles. The number of rotatable bonds is 1. The van der Waals surface area contributed by atoms with Crippen molar-refractivity contribution < 1.29 is 4.79 Å². The Kier molecular flexibility index (Phi) is 2.14. The van der Waals surface area contributed by atoms with Crippen molar-refractivity contribution in [2.24, 2.45) is 10.7 Å². The third kappa shape index (κ3) is 1.57. The molecule has 3 heteroatoms. The fourth-order valence-corrected chi connectivity index (χ4v) is 1.41. The predicted molar refractivity (Wildman–Crippen MR) is 56.2 cm³/mol. The lowest BCUT2D eigenvalue weighted by molar-refractivity contribution is 0.100. The van der Waals surface area contributed by atoms with Crippen LogP contribution in [0.4, 0.5) is 0 Å². The Bertz CT molecular complexity index is 433. The van der Waals surface area contributed by atoms with Crippen LogP contribution in [0, 0.1) is 0 Å². The lowest BCUT2D eigenvalue weighted by Crippen LogP contribution is -2.11. The average molecular weight is 186 g/mol. The van der Waals surface area contributed by atoms with Crippen LogP contribution in [0.25, 0.3) is 6.08 Å². The van der Waals surface area contributed by atoms with E-state index in [0.717, 1.165) is 11.1 Å². The number of benzene rings is 1. The Balaban J connectivity index is 2.49. The summed E-state index contributed by atoms with van der Waals surface area (Å²) in [5, 5.41) is 0. The number of amides is 1. The number of allylic oxidation sites excluding steroid dienone is 1. The van der Waals surface area contributed by atoms with Gasteiger partial charge in [-0.3, -0.25) is 9.79 Å². The summed E-state index contributed by atoms with van der Waals surface area (Å²) in [6.45, 7) is 0.654. The summed E-state index contributed by atoms with van der Waals surface area (Å²) < 4.78 is 0. The van der Waals surface area contributed by atoms with Crippen molar-refractivity contribution in [1.82, 2.24) is 0 Å². The van der Waals surface area contributed by atoms with Gasteiger partial charge in [-0.2, -0.15) is 0 Å². The van der Waals surface area contributed by atoms with E-state index < -0.39 is 5.91 Å². The van der Waals surface area contributed by atoms with Gasteiger partial charge in [0.1, 0.15) is 0 Å². The van der Waals surface area contributed by atoms with E-state index in [9.17, 15) is 4.79 Å². The van der Waals surface area contributed by atoms with E-state index in [-0.39, 0.29) is 0 Å². The highest BCUT2D eigenvalue weighted by molar-refractivity contribution is 5.94. The third-order valence-electron chi connectivity index (χ3n) is 2.16. The van der Waals surface area contributed by atoms with Gasteiger partial charge in [-0.05, 0) is 29.3 Å². The quantitative estimate of drug-likeness (QED) is 0.707. The highest BCUT2D eigenvalue weighted by Crippen LogP contribution is 2.16. The number of hydrogen-bond acceptors (Lipinski definition) is 2. The van der Waals surface area contributed by atoms with Gasteiger partial charge >= 0.3 is 0 Å². The average Bonchev–Trinajstić information content (AvgIpc) is 2.41. The number of carbonyl (C=O) groups excluding carboxylic acids is 1. The van der Waals surface area contributed by atoms with E-state index in [1.807, 2.05) is 18.2 Å². The second kappa shape index (κ2) is 3.46. The molecule has 0 unspecified atom stereocenters. The largest absolute Gasteiger partial charge is 0.366 e. The number of nitrogens with two attached hydrogens (primary N) is 1. The van der Waals surface area contributed by atoms with Crippen molar-refractivity contribution in [3.05, 3.63) is 41.0 Å². The SMILES string of the molecule is NC(=O)c1ccc2c(c1)C=CC=NC2. The molecule has 1 heterocycles. The second-order valence-electron chi connectivity index (χ2n) is 3.13. The fraction of sp³-hybridized carbons (Fsp3) is 0.0909. The predicted octanol–water partition coefficient (Wildman–Crippen LogP) is 1.38. The Morgan fingerprint density at radius 2 is 2.29 bits per heavy atom. The Morgan fingerprint density at radius 3 is 3.07 bits per heavy atom. The summed E-state index contributed by atoms with van der Waals surface area (Å²) in [6.07, 6.45) is 5.54. The molecule has 0 aliphatic carbocycles. The van der Waals surface area contributed by atoms with Gasteiger partial charge in [-0.25, -0.2) is 0 Å². The summed E-state index contributed by atoms with van der Waals surface area (Å²) in [5.74, 6) is -0.397. The van der Waals surface area contributed by atoms with Gasteiger partial charge in [0.2, 0.25) is 5.91 Å². The highest BCUT2D eigenvalue weighted by atomic mass is 16.1. The molecule has 70 valence electrons. The smallest absolute Gasteiger partial charge is 0.248 e. The van der Waals surface area contributed by atoms with Gasteiger partial charge in [-0.1, -0.05) is 12.1 Å². The Morgan fingerprint density at radius 1 is 1.43 bits per heavy atom. The maximum atomic E-state index is 10.9. The molecule has 14 heavy (non-hydrogen) atoms. The number of hydrogen-bond donors (Lipinski definition) is 1. The maximum Gasteiger partial charge on any atom is 0.248 e. The summed E-state index contributed by atoms with van der Waals surface area (Å²) >= 11 is 0. The first-order valence-electron chi connectivity index (χ1n) is 4.36. The lowest BCUT2D eigenvalue weighted by atomic mass is 10.0. The van der Waals surface area contributed by atoms with E-state index in [0.29, 0.717) is 12.1 Å². The van der Waals surface area contributed by atoms with Crippen LogP contribution < -0.4 is 5.73 Å². The molecule has 1 aliphatic rings. The van der Waals surface area contributed by atoms with Gasteiger partial charge in [0.05, 0.1) is 6.54 Å². The van der Waals surface area contributed by atoms with E-state index >= 15 is 0 Å². The van der Waals surface area contributed by atoms with Crippen LogP contribution in [-0.2, 0) is 6.54 Å². The third-order valence-corrected chi connectivity index (χ3v) is 2.16. The fourth-order valence-electron chi connectivity index (χ4n) is 1.41. The molecule has 0 radical (unpaired) electrons. The van der Waals surface area contributed by atoms with E-state index in [2.05, 4.69) is 4.99 Å². The Labute approximate surface area is 82.0 Å². The van der Waals surface area contributed by atoms with Crippen LogP contribution >= 0.6 is 0 Å². The molecule has 1 aromatic rings. The zero-order valence-corrected chi connectivity index (χ0v) is 7.60. The molecule has 0 bridgehead atoms. The zero-order chi connectivity index (χ0) is 9.97. The molecule has 1 aliphatic heterocycles.